The van der Waals surface area contributed by atoms with Crippen LogP contribution >= 0.6 is 24.2 Å². The molecule has 21 heavy (non-hydrogen) atoms. The SMILES string of the molecule is Cc1ccc(S)cc1C(=O)N(C)C(C)c1ccc(Cl)cc1. The summed E-state index contributed by atoms with van der Waals surface area (Å²) < 4.78 is 0. The Labute approximate surface area is 136 Å². The molecule has 0 saturated carbocycles. The lowest BCUT2D eigenvalue weighted by molar-refractivity contribution is 0.0741. The lowest BCUT2D eigenvalue weighted by Crippen LogP contribution is -2.30. The van der Waals surface area contributed by atoms with Gasteiger partial charge in [-0.1, -0.05) is 29.8 Å². The van der Waals surface area contributed by atoms with E-state index in [4.69, 9.17) is 11.6 Å². The Bertz CT molecular complexity index is 654. The number of halogens is 1. The molecule has 0 N–H and O–H groups in total. The molecule has 0 aliphatic carbocycles. The van der Waals surface area contributed by atoms with Crippen molar-refractivity contribution in [2.45, 2.75) is 24.8 Å². The van der Waals surface area contributed by atoms with Crippen LogP contribution in [0.3, 0.4) is 0 Å². The molecule has 2 aromatic carbocycles. The van der Waals surface area contributed by atoms with E-state index in [1.165, 1.54) is 0 Å². The van der Waals surface area contributed by atoms with Gasteiger partial charge in [-0.25, -0.2) is 0 Å². The maximum Gasteiger partial charge on any atom is 0.254 e. The van der Waals surface area contributed by atoms with Gasteiger partial charge >= 0.3 is 0 Å². The van der Waals surface area contributed by atoms with Crippen LogP contribution in [0.4, 0.5) is 0 Å². The maximum absolute atomic E-state index is 12.7. The van der Waals surface area contributed by atoms with Gasteiger partial charge in [-0.15, -0.1) is 12.6 Å². The number of hydrogen-bond donors (Lipinski definition) is 1. The van der Waals surface area contributed by atoms with Crippen LogP contribution in [0.25, 0.3) is 0 Å². The van der Waals surface area contributed by atoms with Gasteiger partial charge in [0.05, 0.1) is 6.04 Å². The van der Waals surface area contributed by atoms with E-state index in [-0.39, 0.29) is 11.9 Å². The average Bonchev–Trinajstić information content (AvgIpc) is 2.48. The highest BCUT2D eigenvalue weighted by atomic mass is 35.5. The van der Waals surface area contributed by atoms with Gasteiger partial charge in [0, 0.05) is 22.5 Å². The van der Waals surface area contributed by atoms with Crippen LogP contribution in [-0.4, -0.2) is 17.9 Å². The summed E-state index contributed by atoms with van der Waals surface area (Å²) in [5, 5.41) is 0.693. The molecule has 0 bridgehead atoms. The topological polar surface area (TPSA) is 20.3 Å². The molecular weight excluding hydrogens is 302 g/mol. The summed E-state index contributed by atoms with van der Waals surface area (Å²) in [5.41, 5.74) is 2.69. The number of benzene rings is 2. The first-order valence-corrected chi connectivity index (χ1v) is 7.55. The Balaban J connectivity index is 2.26. The van der Waals surface area contributed by atoms with Crippen molar-refractivity contribution in [1.82, 2.24) is 4.90 Å². The van der Waals surface area contributed by atoms with Gasteiger partial charge < -0.3 is 4.90 Å². The van der Waals surface area contributed by atoms with E-state index in [2.05, 4.69) is 12.6 Å². The van der Waals surface area contributed by atoms with E-state index < -0.39 is 0 Å². The molecular formula is C17H18ClNOS. The second kappa shape index (κ2) is 6.54. The molecule has 0 fully saturated rings. The molecule has 4 heteroatoms. The number of carbonyl (C=O) groups excluding carboxylic acids is 1. The number of aryl methyl sites for hydroxylation is 1. The molecule has 0 radical (unpaired) electrons. The van der Waals surface area contributed by atoms with Crippen molar-refractivity contribution in [1.29, 1.82) is 0 Å². The van der Waals surface area contributed by atoms with Crippen LogP contribution in [0.2, 0.25) is 5.02 Å². The van der Waals surface area contributed by atoms with Crippen molar-refractivity contribution in [3.8, 4) is 0 Å². The van der Waals surface area contributed by atoms with Crippen LogP contribution in [-0.2, 0) is 0 Å². The van der Waals surface area contributed by atoms with E-state index in [0.717, 1.165) is 16.0 Å². The lowest BCUT2D eigenvalue weighted by Gasteiger charge is -2.26. The molecule has 2 aromatic rings. The molecule has 0 aromatic heterocycles. The van der Waals surface area contributed by atoms with Crippen LogP contribution in [0, 0.1) is 6.92 Å². The molecule has 1 atom stereocenters. The second-order valence-corrected chi connectivity index (χ2v) is 6.10. The number of rotatable bonds is 3. The van der Waals surface area contributed by atoms with Crippen molar-refractivity contribution in [3.63, 3.8) is 0 Å². The summed E-state index contributed by atoms with van der Waals surface area (Å²) in [6, 6.07) is 13.1. The standard InChI is InChI=1S/C17H18ClNOS/c1-11-4-9-15(21)10-16(11)17(20)19(3)12(2)13-5-7-14(18)8-6-13/h4-10,12,21H,1-3H3. The maximum atomic E-state index is 12.7. The first-order chi connectivity index (χ1) is 9.90. The van der Waals surface area contributed by atoms with Gasteiger partial charge in [0.15, 0.2) is 0 Å². The Morgan fingerprint density at radius 3 is 2.43 bits per heavy atom. The summed E-state index contributed by atoms with van der Waals surface area (Å²) in [7, 11) is 1.81. The number of amides is 1. The van der Waals surface area contributed by atoms with E-state index in [1.807, 2.05) is 63.4 Å². The van der Waals surface area contributed by atoms with E-state index in [0.29, 0.717) is 10.6 Å². The minimum atomic E-state index is -0.0299. The number of hydrogen-bond acceptors (Lipinski definition) is 2. The third kappa shape index (κ3) is 3.60. The summed E-state index contributed by atoms with van der Waals surface area (Å²) in [6.45, 7) is 3.93. The van der Waals surface area contributed by atoms with Gasteiger partial charge in [-0.3, -0.25) is 4.79 Å². The van der Waals surface area contributed by atoms with Gasteiger partial charge in [-0.05, 0) is 49.2 Å². The highest BCUT2D eigenvalue weighted by Gasteiger charge is 2.20. The Hall–Kier alpha value is -1.45. The molecule has 0 heterocycles. The highest BCUT2D eigenvalue weighted by molar-refractivity contribution is 7.80. The summed E-state index contributed by atoms with van der Waals surface area (Å²) in [6.07, 6.45) is 0. The zero-order valence-corrected chi connectivity index (χ0v) is 13.9. The fourth-order valence-electron chi connectivity index (χ4n) is 2.17. The number of carbonyl (C=O) groups is 1. The zero-order chi connectivity index (χ0) is 15.6. The highest BCUT2D eigenvalue weighted by Crippen LogP contribution is 2.24. The Morgan fingerprint density at radius 1 is 1.19 bits per heavy atom. The number of nitrogens with zero attached hydrogens (tertiary/aromatic N) is 1. The van der Waals surface area contributed by atoms with Crippen molar-refractivity contribution in [2.24, 2.45) is 0 Å². The van der Waals surface area contributed by atoms with Crippen molar-refractivity contribution < 1.29 is 4.79 Å². The molecule has 0 aliphatic rings. The monoisotopic (exact) mass is 319 g/mol. The normalized spacial score (nSPS) is 12.0. The molecule has 1 unspecified atom stereocenters. The van der Waals surface area contributed by atoms with Crippen LogP contribution in [0.1, 0.15) is 34.5 Å². The van der Waals surface area contributed by atoms with Crippen molar-refractivity contribution in [3.05, 3.63) is 64.2 Å². The summed E-state index contributed by atoms with van der Waals surface area (Å²) in [4.78, 5) is 15.2. The number of thiol groups is 1. The first kappa shape index (κ1) is 15.9. The first-order valence-electron chi connectivity index (χ1n) is 6.72. The molecule has 2 rings (SSSR count). The fraction of sp³-hybridized carbons (Fsp3) is 0.235. The minimum Gasteiger partial charge on any atom is -0.335 e. The molecule has 0 aliphatic heterocycles. The van der Waals surface area contributed by atoms with Crippen molar-refractivity contribution in [2.75, 3.05) is 7.05 Å². The predicted octanol–water partition coefficient (Wildman–Crippen LogP) is 4.77. The summed E-state index contributed by atoms with van der Waals surface area (Å²) in [5.74, 6) is -0.00847. The van der Waals surface area contributed by atoms with E-state index in [1.54, 1.807) is 4.90 Å². The molecule has 0 saturated heterocycles. The fourth-order valence-corrected chi connectivity index (χ4v) is 2.50. The minimum absolute atomic E-state index is 0.00847. The summed E-state index contributed by atoms with van der Waals surface area (Å²) >= 11 is 10.2. The van der Waals surface area contributed by atoms with Crippen molar-refractivity contribution >= 4 is 30.1 Å². The van der Waals surface area contributed by atoms with Gasteiger partial charge in [0.25, 0.3) is 5.91 Å². The largest absolute Gasteiger partial charge is 0.335 e. The van der Waals surface area contributed by atoms with E-state index in [9.17, 15) is 4.79 Å². The van der Waals surface area contributed by atoms with Crippen LogP contribution in [0.15, 0.2) is 47.4 Å². The van der Waals surface area contributed by atoms with Crippen LogP contribution < -0.4 is 0 Å². The average molecular weight is 320 g/mol. The van der Waals surface area contributed by atoms with Crippen LogP contribution in [0.5, 0.6) is 0 Å². The van der Waals surface area contributed by atoms with Gasteiger partial charge in [0.1, 0.15) is 0 Å². The molecule has 110 valence electrons. The molecule has 0 spiro atoms. The van der Waals surface area contributed by atoms with Gasteiger partial charge in [-0.2, -0.15) is 0 Å². The quantitative estimate of drug-likeness (QED) is 0.808. The Kier molecular flexibility index (Phi) is 4.96. The third-order valence-electron chi connectivity index (χ3n) is 3.71. The molecule has 2 nitrogen and oxygen atoms in total. The lowest BCUT2D eigenvalue weighted by atomic mass is 10.0. The third-order valence-corrected chi connectivity index (χ3v) is 4.24. The second-order valence-electron chi connectivity index (χ2n) is 5.14. The molecule has 1 amide bonds. The van der Waals surface area contributed by atoms with Gasteiger partial charge in [0.2, 0.25) is 0 Å². The Morgan fingerprint density at radius 2 is 1.81 bits per heavy atom. The zero-order valence-electron chi connectivity index (χ0n) is 12.3. The van der Waals surface area contributed by atoms with E-state index >= 15 is 0 Å². The predicted molar refractivity (Wildman–Crippen MR) is 90.4 cm³/mol. The smallest absolute Gasteiger partial charge is 0.254 e.